The lowest BCUT2D eigenvalue weighted by molar-refractivity contribution is -0.128. The van der Waals surface area contributed by atoms with Gasteiger partial charge in [0.15, 0.2) is 0 Å². The van der Waals surface area contributed by atoms with E-state index in [1.807, 2.05) is 43.3 Å². The highest BCUT2D eigenvalue weighted by Crippen LogP contribution is 2.23. The number of methoxy groups -OCH3 is 2. The Morgan fingerprint density at radius 1 is 1.03 bits per heavy atom. The van der Waals surface area contributed by atoms with Gasteiger partial charge >= 0.3 is 6.03 Å². The molecule has 1 aliphatic rings. The van der Waals surface area contributed by atoms with E-state index >= 15 is 0 Å². The highest BCUT2D eigenvalue weighted by molar-refractivity contribution is 5.90. The highest BCUT2D eigenvalue weighted by Gasteiger charge is 2.27. The van der Waals surface area contributed by atoms with E-state index in [9.17, 15) is 14.4 Å². The Hall–Kier alpha value is -3.75. The van der Waals surface area contributed by atoms with Crippen molar-refractivity contribution in [3.8, 4) is 11.5 Å². The number of carbonyl (C=O) groups excluding carboxylic acids is 3. The fraction of sp³-hybridized carbons (Fsp3) is 0.423. The molecule has 35 heavy (non-hydrogen) atoms. The summed E-state index contributed by atoms with van der Waals surface area (Å²) in [5.41, 5.74) is 2.60. The molecule has 4 amide bonds. The Kier molecular flexibility index (Phi) is 8.94. The number of hydrogen-bond donors (Lipinski definition) is 3. The molecule has 0 spiro atoms. The maximum atomic E-state index is 13.1. The van der Waals surface area contributed by atoms with E-state index in [1.165, 1.54) is 6.92 Å². The van der Waals surface area contributed by atoms with Gasteiger partial charge in [0.25, 0.3) is 0 Å². The van der Waals surface area contributed by atoms with Gasteiger partial charge in [-0.05, 0) is 49.1 Å². The van der Waals surface area contributed by atoms with Gasteiger partial charge in [-0.25, -0.2) is 4.79 Å². The molecular formula is C26H34N4O5. The molecule has 9 heteroatoms. The third-order valence-electron chi connectivity index (χ3n) is 6.06. The van der Waals surface area contributed by atoms with Gasteiger partial charge < -0.3 is 30.3 Å². The van der Waals surface area contributed by atoms with Crippen LogP contribution in [-0.2, 0) is 16.0 Å². The Morgan fingerprint density at radius 3 is 2.23 bits per heavy atom. The average Bonchev–Trinajstić information content (AvgIpc) is 2.84. The van der Waals surface area contributed by atoms with Crippen molar-refractivity contribution in [2.45, 2.75) is 45.2 Å². The lowest BCUT2D eigenvalue weighted by Crippen LogP contribution is -2.53. The number of rotatable bonds is 8. The second-order valence-electron chi connectivity index (χ2n) is 8.69. The molecule has 0 bridgehead atoms. The van der Waals surface area contributed by atoms with Crippen LogP contribution < -0.4 is 25.4 Å². The number of ether oxygens (including phenoxy) is 2. The van der Waals surface area contributed by atoms with E-state index in [1.54, 1.807) is 25.2 Å². The highest BCUT2D eigenvalue weighted by atomic mass is 16.5. The Balaban J connectivity index is 1.57. The van der Waals surface area contributed by atoms with Crippen LogP contribution in [0.15, 0.2) is 42.5 Å². The van der Waals surface area contributed by atoms with Crippen LogP contribution >= 0.6 is 0 Å². The molecule has 2 aromatic carbocycles. The number of likely N-dealkylation sites (tertiary alicyclic amines) is 1. The number of hydrogen-bond acceptors (Lipinski definition) is 5. The van der Waals surface area contributed by atoms with Gasteiger partial charge in [0.2, 0.25) is 11.8 Å². The summed E-state index contributed by atoms with van der Waals surface area (Å²) in [7, 11) is 3.12. The third-order valence-corrected chi connectivity index (χ3v) is 6.06. The van der Waals surface area contributed by atoms with Crippen molar-refractivity contribution in [1.82, 2.24) is 15.5 Å². The first-order valence-electron chi connectivity index (χ1n) is 11.7. The van der Waals surface area contributed by atoms with Crippen molar-refractivity contribution < 1.29 is 23.9 Å². The van der Waals surface area contributed by atoms with E-state index < -0.39 is 6.04 Å². The lowest BCUT2D eigenvalue weighted by Gasteiger charge is -2.33. The first-order chi connectivity index (χ1) is 16.8. The van der Waals surface area contributed by atoms with Crippen LogP contribution in [0.2, 0.25) is 0 Å². The Bertz CT molecular complexity index is 1030. The molecule has 1 atom stereocenters. The summed E-state index contributed by atoms with van der Waals surface area (Å²) in [6, 6.07) is 12.0. The van der Waals surface area contributed by atoms with Crippen LogP contribution in [0.3, 0.4) is 0 Å². The number of amides is 4. The normalized spacial score (nSPS) is 14.6. The molecule has 9 nitrogen and oxygen atoms in total. The number of para-hydroxylation sites is 1. The zero-order valence-electron chi connectivity index (χ0n) is 20.7. The smallest absolute Gasteiger partial charge is 0.321 e. The Labute approximate surface area is 206 Å². The Morgan fingerprint density at radius 2 is 1.66 bits per heavy atom. The van der Waals surface area contributed by atoms with Crippen molar-refractivity contribution in [3.05, 3.63) is 53.6 Å². The minimum atomic E-state index is -0.744. The summed E-state index contributed by atoms with van der Waals surface area (Å²) < 4.78 is 10.6. The van der Waals surface area contributed by atoms with Crippen LogP contribution in [0.25, 0.3) is 0 Å². The fourth-order valence-corrected chi connectivity index (χ4v) is 4.11. The standard InChI is InChI=1S/C26H34N4O5/c1-17-7-5-6-8-23(17)29-26(33)30-11-9-20(10-12-30)28-25(32)24(27-18(2)31)15-19-13-21(34-3)16-22(14-19)35-4/h5-8,13-14,16,20,24H,9-12,15H2,1-4H3,(H,27,31)(H,28,32)(H,29,33)/t24-/m1/s1. The molecule has 1 saturated heterocycles. The van der Waals surface area contributed by atoms with Crippen molar-refractivity contribution in [2.75, 3.05) is 32.6 Å². The van der Waals surface area contributed by atoms with E-state index in [-0.39, 0.29) is 30.3 Å². The zero-order valence-corrected chi connectivity index (χ0v) is 20.7. The summed E-state index contributed by atoms with van der Waals surface area (Å²) in [5, 5.41) is 8.74. The second-order valence-corrected chi connectivity index (χ2v) is 8.69. The molecule has 1 aliphatic heterocycles. The van der Waals surface area contributed by atoms with Gasteiger partial charge in [-0.3, -0.25) is 9.59 Å². The molecule has 0 unspecified atom stereocenters. The quantitative estimate of drug-likeness (QED) is 0.536. The maximum absolute atomic E-state index is 13.1. The number of nitrogens with one attached hydrogen (secondary N) is 3. The number of piperidine rings is 1. The molecule has 0 saturated carbocycles. The first kappa shape index (κ1) is 25.9. The van der Waals surface area contributed by atoms with Gasteiger partial charge in [0.1, 0.15) is 17.5 Å². The third kappa shape index (κ3) is 7.37. The van der Waals surface area contributed by atoms with Crippen molar-refractivity contribution >= 4 is 23.5 Å². The summed E-state index contributed by atoms with van der Waals surface area (Å²) in [5.74, 6) is 0.669. The number of carbonyl (C=O) groups is 3. The van der Waals surface area contributed by atoms with Gasteiger partial charge in [0.05, 0.1) is 14.2 Å². The van der Waals surface area contributed by atoms with Crippen LogP contribution in [0, 0.1) is 6.92 Å². The van der Waals surface area contributed by atoms with Crippen LogP contribution in [0.1, 0.15) is 30.9 Å². The minimum Gasteiger partial charge on any atom is -0.497 e. The molecule has 1 fully saturated rings. The fourth-order valence-electron chi connectivity index (χ4n) is 4.11. The number of urea groups is 1. The molecule has 1 heterocycles. The van der Waals surface area contributed by atoms with Gasteiger partial charge in [-0.15, -0.1) is 0 Å². The van der Waals surface area contributed by atoms with E-state index in [2.05, 4.69) is 16.0 Å². The molecule has 0 aliphatic carbocycles. The van der Waals surface area contributed by atoms with E-state index in [0.29, 0.717) is 37.4 Å². The summed E-state index contributed by atoms with van der Waals surface area (Å²) >= 11 is 0. The van der Waals surface area contributed by atoms with Crippen LogP contribution in [0.4, 0.5) is 10.5 Å². The molecule has 0 aromatic heterocycles. The van der Waals surface area contributed by atoms with E-state index in [4.69, 9.17) is 9.47 Å². The SMILES string of the molecule is COc1cc(C[C@@H](NC(C)=O)C(=O)NC2CCN(C(=O)Nc3ccccc3C)CC2)cc(OC)c1. The predicted octanol–water partition coefficient (Wildman–Crippen LogP) is 2.87. The predicted molar refractivity (Wildman–Crippen MR) is 134 cm³/mol. The summed E-state index contributed by atoms with van der Waals surface area (Å²) in [6.45, 7) is 4.39. The molecule has 188 valence electrons. The topological polar surface area (TPSA) is 109 Å². The molecule has 2 aromatic rings. The average molecular weight is 483 g/mol. The monoisotopic (exact) mass is 482 g/mol. The second kappa shape index (κ2) is 12.1. The molecule has 3 N–H and O–H groups in total. The number of aryl methyl sites for hydroxylation is 1. The van der Waals surface area contributed by atoms with Gasteiger partial charge in [-0.1, -0.05) is 18.2 Å². The van der Waals surface area contributed by atoms with Crippen molar-refractivity contribution in [1.29, 1.82) is 0 Å². The summed E-state index contributed by atoms with van der Waals surface area (Å²) in [6.07, 6.45) is 1.55. The van der Waals surface area contributed by atoms with E-state index in [0.717, 1.165) is 16.8 Å². The van der Waals surface area contributed by atoms with Gasteiger partial charge in [-0.2, -0.15) is 0 Å². The maximum Gasteiger partial charge on any atom is 0.321 e. The number of benzene rings is 2. The molecular weight excluding hydrogens is 448 g/mol. The zero-order chi connectivity index (χ0) is 25.4. The lowest BCUT2D eigenvalue weighted by atomic mass is 10.0. The minimum absolute atomic E-state index is 0.0823. The van der Waals surface area contributed by atoms with Crippen molar-refractivity contribution in [3.63, 3.8) is 0 Å². The largest absolute Gasteiger partial charge is 0.497 e. The van der Waals surface area contributed by atoms with Gasteiger partial charge in [0, 0.05) is 44.2 Å². The number of nitrogens with zero attached hydrogens (tertiary/aromatic N) is 1. The van der Waals surface area contributed by atoms with Crippen LogP contribution in [-0.4, -0.2) is 62.1 Å². The van der Waals surface area contributed by atoms with Crippen molar-refractivity contribution in [2.24, 2.45) is 0 Å². The molecule has 0 radical (unpaired) electrons. The number of anilines is 1. The first-order valence-corrected chi connectivity index (χ1v) is 11.7. The molecule has 3 rings (SSSR count). The van der Waals surface area contributed by atoms with Crippen LogP contribution in [0.5, 0.6) is 11.5 Å². The summed E-state index contributed by atoms with van der Waals surface area (Å²) in [4.78, 5) is 39.3.